The highest BCUT2D eigenvalue weighted by Gasteiger charge is 2.33. The van der Waals surface area contributed by atoms with Crippen LogP contribution in [0.3, 0.4) is 0 Å². The van der Waals surface area contributed by atoms with Crippen LogP contribution in [0.1, 0.15) is 19.0 Å². The van der Waals surface area contributed by atoms with E-state index in [-0.39, 0.29) is 16.3 Å². The summed E-state index contributed by atoms with van der Waals surface area (Å²) in [5, 5.41) is 3.80. The molecule has 0 spiro atoms. The van der Waals surface area contributed by atoms with Crippen LogP contribution in [0.25, 0.3) is 0 Å². The monoisotopic (exact) mass is 240 g/mol. The lowest BCUT2D eigenvalue weighted by atomic mass is 10.4. The Morgan fingerprint density at radius 2 is 2.44 bits per heavy atom. The van der Waals surface area contributed by atoms with Crippen LogP contribution in [-0.4, -0.2) is 28.0 Å². The molecule has 2 rings (SSSR count). The fraction of sp³-hybridized carbons (Fsp3) is 0.500. The van der Waals surface area contributed by atoms with Gasteiger partial charge in [0, 0.05) is 31.2 Å². The first-order chi connectivity index (χ1) is 7.56. The molecule has 0 aliphatic carbocycles. The number of hydrogen-bond acceptors (Lipinski definition) is 5. The topological polar surface area (TPSA) is 63.4 Å². The molecule has 1 aromatic heterocycles. The summed E-state index contributed by atoms with van der Waals surface area (Å²) < 4.78 is 5.03. The summed E-state index contributed by atoms with van der Waals surface area (Å²) in [6.45, 7) is 3.82. The first-order valence-electron chi connectivity index (χ1n) is 4.97. The molecule has 2 heterocycles. The molecule has 1 atom stereocenters. The van der Waals surface area contributed by atoms with Gasteiger partial charge in [-0.15, -0.1) is 0 Å². The van der Waals surface area contributed by atoms with Crippen LogP contribution in [0.5, 0.6) is 0 Å². The number of amides is 1. The second-order valence-corrected chi connectivity index (χ2v) is 5.22. The van der Waals surface area contributed by atoms with E-state index in [1.807, 2.05) is 0 Å². The zero-order valence-electron chi connectivity index (χ0n) is 9.10. The number of carbonyl (C=O) groups excluding carboxylic acids is 2. The van der Waals surface area contributed by atoms with E-state index in [9.17, 15) is 9.59 Å². The van der Waals surface area contributed by atoms with E-state index in [1.54, 1.807) is 17.9 Å². The van der Waals surface area contributed by atoms with Crippen molar-refractivity contribution in [2.75, 3.05) is 11.4 Å². The number of hydrogen-bond donors (Lipinski definition) is 0. The van der Waals surface area contributed by atoms with Crippen LogP contribution in [-0.2, 0) is 9.59 Å². The highest BCUT2D eigenvalue weighted by Crippen LogP contribution is 2.28. The zero-order valence-corrected chi connectivity index (χ0v) is 9.91. The Morgan fingerprint density at radius 1 is 1.69 bits per heavy atom. The predicted octanol–water partition coefficient (Wildman–Crippen LogP) is 1.37. The van der Waals surface area contributed by atoms with E-state index in [1.165, 1.54) is 18.7 Å². The number of rotatable bonds is 2. The Labute approximate surface area is 97.2 Å². The summed E-state index contributed by atoms with van der Waals surface area (Å²) in [6, 6.07) is 1.72. The molecule has 0 bridgehead atoms. The van der Waals surface area contributed by atoms with Crippen molar-refractivity contribution >= 4 is 28.7 Å². The third-order valence-electron chi connectivity index (χ3n) is 2.30. The van der Waals surface area contributed by atoms with Gasteiger partial charge in [0.1, 0.15) is 0 Å². The van der Waals surface area contributed by atoms with E-state index < -0.39 is 0 Å². The molecule has 1 saturated heterocycles. The third kappa shape index (κ3) is 2.27. The molecule has 1 aromatic rings. The molecule has 1 aliphatic heterocycles. The van der Waals surface area contributed by atoms with Crippen molar-refractivity contribution in [1.29, 1.82) is 0 Å². The minimum atomic E-state index is -0.0186. The Bertz CT molecular complexity index is 429. The SMILES string of the molecule is CC(=O)SC1CC(=O)N(c2cc(C)no2)C1. The highest BCUT2D eigenvalue weighted by molar-refractivity contribution is 8.14. The second kappa shape index (κ2) is 4.29. The summed E-state index contributed by atoms with van der Waals surface area (Å²) in [5.74, 6) is 0.448. The average Bonchev–Trinajstić information content (AvgIpc) is 2.72. The lowest BCUT2D eigenvalue weighted by Gasteiger charge is -2.10. The summed E-state index contributed by atoms with van der Waals surface area (Å²) in [5.41, 5.74) is 0.741. The number of aromatic nitrogens is 1. The maximum absolute atomic E-state index is 11.7. The Hall–Kier alpha value is -1.30. The normalized spacial score (nSPS) is 20.5. The molecule has 86 valence electrons. The number of aryl methyl sites for hydroxylation is 1. The maximum atomic E-state index is 11.7. The molecule has 6 heteroatoms. The summed E-state index contributed by atoms with van der Waals surface area (Å²) in [6.07, 6.45) is 0.379. The Morgan fingerprint density at radius 3 is 3.00 bits per heavy atom. The van der Waals surface area contributed by atoms with E-state index >= 15 is 0 Å². The van der Waals surface area contributed by atoms with Gasteiger partial charge in [-0.05, 0) is 6.92 Å². The molecule has 0 N–H and O–H groups in total. The quantitative estimate of drug-likeness (QED) is 0.781. The number of nitrogens with zero attached hydrogens (tertiary/aromatic N) is 2. The minimum absolute atomic E-state index is 0.0186. The molecule has 0 aromatic carbocycles. The zero-order chi connectivity index (χ0) is 11.7. The molecule has 0 radical (unpaired) electrons. The number of anilines is 1. The molecule has 5 nitrogen and oxygen atoms in total. The van der Waals surface area contributed by atoms with Crippen molar-refractivity contribution in [3.63, 3.8) is 0 Å². The highest BCUT2D eigenvalue weighted by atomic mass is 32.2. The van der Waals surface area contributed by atoms with Crippen LogP contribution in [0.2, 0.25) is 0 Å². The smallest absolute Gasteiger partial charge is 0.234 e. The van der Waals surface area contributed by atoms with Gasteiger partial charge in [-0.1, -0.05) is 16.9 Å². The van der Waals surface area contributed by atoms with E-state index in [4.69, 9.17) is 4.52 Å². The van der Waals surface area contributed by atoms with Gasteiger partial charge in [0.25, 0.3) is 0 Å². The van der Waals surface area contributed by atoms with E-state index in [0.29, 0.717) is 18.8 Å². The number of thioether (sulfide) groups is 1. The Balaban J connectivity index is 2.08. The molecule has 1 fully saturated rings. The van der Waals surface area contributed by atoms with Crippen molar-refractivity contribution < 1.29 is 14.1 Å². The third-order valence-corrected chi connectivity index (χ3v) is 3.28. The van der Waals surface area contributed by atoms with Gasteiger partial charge in [0.05, 0.1) is 5.69 Å². The first kappa shape index (κ1) is 11.2. The van der Waals surface area contributed by atoms with Crippen molar-refractivity contribution in [3.05, 3.63) is 11.8 Å². The molecule has 1 amide bonds. The summed E-state index contributed by atoms with van der Waals surface area (Å²) >= 11 is 1.21. The standard InChI is InChI=1S/C10H12N2O3S/c1-6-3-10(15-11-6)12-5-8(4-9(12)14)16-7(2)13/h3,8H,4-5H2,1-2H3. The van der Waals surface area contributed by atoms with Crippen LogP contribution in [0, 0.1) is 6.92 Å². The van der Waals surface area contributed by atoms with Gasteiger partial charge < -0.3 is 4.52 Å². The van der Waals surface area contributed by atoms with Crippen molar-refractivity contribution in [2.45, 2.75) is 25.5 Å². The molecular weight excluding hydrogens is 228 g/mol. The first-order valence-corrected chi connectivity index (χ1v) is 5.85. The molecule has 0 saturated carbocycles. The van der Waals surface area contributed by atoms with E-state index in [2.05, 4.69) is 5.16 Å². The van der Waals surface area contributed by atoms with E-state index in [0.717, 1.165) is 5.69 Å². The molecule has 16 heavy (non-hydrogen) atoms. The average molecular weight is 240 g/mol. The van der Waals surface area contributed by atoms with Gasteiger partial charge in [0.2, 0.25) is 11.8 Å². The minimum Gasteiger partial charge on any atom is -0.338 e. The predicted molar refractivity (Wildman–Crippen MR) is 60.3 cm³/mol. The van der Waals surface area contributed by atoms with Crippen molar-refractivity contribution in [3.8, 4) is 0 Å². The molecular formula is C10H12N2O3S. The molecule has 1 aliphatic rings. The van der Waals surface area contributed by atoms with Crippen molar-refractivity contribution in [1.82, 2.24) is 5.16 Å². The van der Waals surface area contributed by atoms with Gasteiger partial charge in [-0.2, -0.15) is 0 Å². The largest absolute Gasteiger partial charge is 0.338 e. The Kier molecular flexibility index (Phi) is 3.00. The molecule has 1 unspecified atom stereocenters. The lowest BCUT2D eigenvalue weighted by Crippen LogP contribution is -2.24. The lowest BCUT2D eigenvalue weighted by molar-refractivity contribution is -0.117. The maximum Gasteiger partial charge on any atom is 0.234 e. The summed E-state index contributed by atoms with van der Waals surface area (Å²) in [7, 11) is 0. The fourth-order valence-corrected chi connectivity index (χ4v) is 2.60. The van der Waals surface area contributed by atoms with Crippen LogP contribution >= 0.6 is 11.8 Å². The van der Waals surface area contributed by atoms with Gasteiger partial charge in [-0.25, -0.2) is 0 Å². The second-order valence-electron chi connectivity index (χ2n) is 3.75. The number of carbonyl (C=O) groups is 2. The van der Waals surface area contributed by atoms with Crippen LogP contribution < -0.4 is 4.90 Å². The van der Waals surface area contributed by atoms with Crippen LogP contribution in [0.4, 0.5) is 5.88 Å². The van der Waals surface area contributed by atoms with Crippen LogP contribution in [0.15, 0.2) is 10.6 Å². The van der Waals surface area contributed by atoms with Gasteiger partial charge >= 0.3 is 0 Å². The fourth-order valence-electron chi connectivity index (χ4n) is 1.68. The summed E-state index contributed by atoms with van der Waals surface area (Å²) in [4.78, 5) is 24.2. The van der Waals surface area contributed by atoms with Gasteiger partial charge in [0.15, 0.2) is 5.12 Å². The van der Waals surface area contributed by atoms with Crippen molar-refractivity contribution in [2.24, 2.45) is 0 Å². The van der Waals surface area contributed by atoms with Gasteiger partial charge in [-0.3, -0.25) is 14.5 Å².